The summed E-state index contributed by atoms with van der Waals surface area (Å²) < 4.78 is 15.2. The minimum absolute atomic E-state index is 0.0471. The van der Waals surface area contributed by atoms with Crippen LogP contribution in [-0.2, 0) is 9.53 Å². The standard InChI is InChI=1S/C19H13O5/c1-22-18(21)16-15(13-8-4-2-5-9-13)17(24-19(16)23-12-20)14-10-6-3-7-11-14/h2-11H,1H3. The lowest BCUT2D eigenvalue weighted by molar-refractivity contribution is 0.0597. The monoisotopic (exact) mass is 321 g/mol. The van der Waals surface area contributed by atoms with Crippen molar-refractivity contribution in [2.45, 2.75) is 0 Å². The van der Waals surface area contributed by atoms with Crippen LogP contribution in [0.15, 0.2) is 65.1 Å². The van der Waals surface area contributed by atoms with Crippen molar-refractivity contribution in [3.8, 4) is 28.4 Å². The Morgan fingerprint density at radius 3 is 2.08 bits per heavy atom. The molecule has 3 rings (SSSR count). The van der Waals surface area contributed by atoms with E-state index in [9.17, 15) is 9.59 Å². The largest absolute Gasteiger partial charge is 0.465 e. The highest BCUT2D eigenvalue weighted by Gasteiger charge is 2.29. The first-order valence-corrected chi connectivity index (χ1v) is 7.16. The molecule has 2 aromatic carbocycles. The molecule has 0 spiro atoms. The Bertz CT molecular complexity index is 850. The van der Waals surface area contributed by atoms with Gasteiger partial charge in [0.05, 0.1) is 7.11 Å². The first-order valence-electron chi connectivity index (χ1n) is 7.16. The number of hydrogen-bond acceptors (Lipinski definition) is 5. The van der Waals surface area contributed by atoms with Gasteiger partial charge in [0.25, 0.3) is 0 Å². The number of esters is 1. The summed E-state index contributed by atoms with van der Waals surface area (Å²) in [6, 6.07) is 18.4. The van der Waals surface area contributed by atoms with Crippen LogP contribution in [-0.4, -0.2) is 19.6 Å². The molecule has 0 saturated carbocycles. The van der Waals surface area contributed by atoms with Crippen LogP contribution in [0.5, 0.6) is 5.95 Å². The van der Waals surface area contributed by atoms with Crippen LogP contribution in [0.1, 0.15) is 10.4 Å². The van der Waals surface area contributed by atoms with E-state index in [4.69, 9.17) is 13.9 Å². The molecule has 0 unspecified atom stereocenters. The summed E-state index contributed by atoms with van der Waals surface area (Å²) in [5.41, 5.74) is 2.02. The van der Waals surface area contributed by atoms with E-state index in [1.807, 2.05) is 60.7 Å². The van der Waals surface area contributed by atoms with E-state index in [0.717, 1.165) is 11.1 Å². The van der Waals surface area contributed by atoms with Crippen molar-refractivity contribution >= 4 is 12.4 Å². The van der Waals surface area contributed by atoms with Gasteiger partial charge in [0, 0.05) is 11.1 Å². The number of rotatable bonds is 5. The Hall–Kier alpha value is -3.34. The molecule has 1 aromatic heterocycles. The van der Waals surface area contributed by atoms with Gasteiger partial charge in [0.2, 0.25) is 0 Å². The first-order chi connectivity index (χ1) is 11.8. The summed E-state index contributed by atoms with van der Waals surface area (Å²) in [4.78, 5) is 22.9. The second kappa shape index (κ2) is 6.83. The van der Waals surface area contributed by atoms with Gasteiger partial charge in [-0.2, -0.15) is 0 Å². The number of carbonyl (C=O) groups is 1. The van der Waals surface area contributed by atoms with E-state index in [1.54, 1.807) is 0 Å². The highest BCUT2D eigenvalue weighted by atomic mass is 16.6. The molecule has 24 heavy (non-hydrogen) atoms. The molecule has 0 bridgehead atoms. The van der Waals surface area contributed by atoms with Gasteiger partial charge in [-0.3, -0.25) is 0 Å². The summed E-state index contributed by atoms with van der Waals surface area (Å²) in [5, 5.41) is 0. The highest BCUT2D eigenvalue weighted by molar-refractivity contribution is 6.03. The highest BCUT2D eigenvalue weighted by Crippen LogP contribution is 2.42. The SMILES string of the molecule is COC(=O)c1c(O[C]=O)oc(-c2ccccc2)c1-c1ccccc1. The van der Waals surface area contributed by atoms with E-state index in [0.29, 0.717) is 11.3 Å². The minimum atomic E-state index is -0.662. The molecule has 0 saturated heterocycles. The minimum Gasteiger partial charge on any atom is -0.465 e. The number of furan rings is 1. The molecule has 5 heteroatoms. The lowest BCUT2D eigenvalue weighted by atomic mass is 9.98. The molecule has 0 N–H and O–H groups in total. The Balaban J connectivity index is 2.33. The molecule has 0 aliphatic carbocycles. The summed E-state index contributed by atoms with van der Waals surface area (Å²) in [6.07, 6.45) is 0. The molecule has 0 fully saturated rings. The van der Waals surface area contributed by atoms with Gasteiger partial charge in [0.1, 0.15) is 5.76 Å². The molecule has 0 amide bonds. The molecule has 0 aliphatic rings. The van der Waals surface area contributed by atoms with Crippen LogP contribution in [0, 0.1) is 0 Å². The normalized spacial score (nSPS) is 10.2. The van der Waals surface area contributed by atoms with E-state index >= 15 is 0 Å². The summed E-state index contributed by atoms with van der Waals surface area (Å²) in [6.45, 7) is 1.30. The first kappa shape index (κ1) is 15.6. The Morgan fingerprint density at radius 1 is 0.958 bits per heavy atom. The molecule has 1 heterocycles. The van der Waals surface area contributed by atoms with Crippen LogP contribution >= 0.6 is 0 Å². The zero-order valence-electron chi connectivity index (χ0n) is 12.8. The predicted molar refractivity (Wildman–Crippen MR) is 87.2 cm³/mol. The van der Waals surface area contributed by atoms with Crippen molar-refractivity contribution in [1.82, 2.24) is 0 Å². The van der Waals surface area contributed by atoms with Gasteiger partial charge >= 0.3 is 18.4 Å². The fourth-order valence-corrected chi connectivity index (χ4v) is 2.48. The lowest BCUT2D eigenvalue weighted by Gasteiger charge is -2.05. The number of carbonyl (C=O) groups excluding carboxylic acids is 2. The predicted octanol–water partition coefficient (Wildman–Crippen LogP) is 3.85. The fraction of sp³-hybridized carbons (Fsp3) is 0.0526. The van der Waals surface area contributed by atoms with Crippen molar-refractivity contribution in [3.63, 3.8) is 0 Å². The maximum absolute atomic E-state index is 12.3. The second-order valence-electron chi connectivity index (χ2n) is 4.88. The Morgan fingerprint density at radius 2 is 1.54 bits per heavy atom. The van der Waals surface area contributed by atoms with Crippen molar-refractivity contribution in [1.29, 1.82) is 0 Å². The average molecular weight is 321 g/mol. The molecule has 119 valence electrons. The summed E-state index contributed by atoms with van der Waals surface area (Å²) in [7, 11) is 1.25. The molecule has 1 radical (unpaired) electrons. The number of benzene rings is 2. The zero-order chi connectivity index (χ0) is 16.9. The lowest BCUT2D eigenvalue weighted by Crippen LogP contribution is -2.04. The van der Waals surface area contributed by atoms with E-state index in [2.05, 4.69) is 0 Å². The average Bonchev–Trinajstić information content (AvgIpc) is 3.02. The third-order valence-electron chi connectivity index (χ3n) is 3.50. The van der Waals surface area contributed by atoms with Crippen LogP contribution in [0.2, 0.25) is 0 Å². The van der Waals surface area contributed by atoms with Crippen molar-refractivity contribution in [3.05, 3.63) is 66.2 Å². The van der Waals surface area contributed by atoms with Crippen LogP contribution in [0.25, 0.3) is 22.5 Å². The van der Waals surface area contributed by atoms with Gasteiger partial charge < -0.3 is 13.9 Å². The molecule has 0 aliphatic heterocycles. The van der Waals surface area contributed by atoms with E-state index < -0.39 is 5.97 Å². The third-order valence-corrected chi connectivity index (χ3v) is 3.50. The van der Waals surface area contributed by atoms with E-state index in [1.165, 1.54) is 13.6 Å². The zero-order valence-corrected chi connectivity index (χ0v) is 12.8. The van der Waals surface area contributed by atoms with Crippen LogP contribution < -0.4 is 4.74 Å². The van der Waals surface area contributed by atoms with Crippen LogP contribution in [0.4, 0.5) is 0 Å². The number of methoxy groups -OCH3 is 1. The van der Waals surface area contributed by atoms with Crippen molar-refractivity contribution in [2.24, 2.45) is 0 Å². The molecule has 0 atom stereocenters. The van der Waals surface area contributed by atoms with Gasteiger partial charge in [-0.25, -0.2) is 9.59 Å². The van der Waals surface area contributed by atoms with Crippen molar-refractivity contribution in [2.75, 3.05) is 7.11 Å². The molecule has 3 aromatic rings. The van der Waals surface area contributed by atoms with Gasteiger partial charge in [-0.15, -0.1) is 0 Å². The number of hydrogen-bond donors (Lipinski definition) is 0. The van der Waals surface area contributed by atoms with Gasteiger partial charge in [-0.1, -0.05) is 60.7 Å². The molecule has 5 nitrogen and oxygen atoms in total. The smallest absolute Gasteiger partial charge is 0.425 e. The fourth-order valence-electron chi connectivity index (χ4n) is 2.48. The topological polar surface area (TPSA) is 65.7 Å². The summed E-state index contributed by atoms with van der Waals surface area (Å²) >= 11 is 0. The maximum atomic E-state index is 12.3. The van der Waals surface area contributed by atoms with Crippen molar-refractivity contribution < 1.29 is 23.5 Å². The summed E-state index contributed by atoms with van der Waals surface area (Å²) in [5.74, 6) is -0.493. The Kier molecular flexibility index (Phi) is 4.43. The van der Waals surface area contributed by atoms with Gasteiger partial charge in [0.15, 0.2) is 5.56 Å². The maximum Gasteiger partial charge on any atom is 0.425 e. The molecular weight excluding hydrogens is 308 g/mol. The van der Waals surface area contributed by atoms with Gasteiger partial charge in [-0.05, 0) is 5.56 Å². The second-order valence-corrected chi connectivity index (χ2v) is 4.88. The Labute approximate surface area is 138 Å². The van der Waals surface area contributed by atoms with Crippen LogP contribution in [0.3, 0.4) is 0 Å². The molecular formula is C19H13O5. The van der Waals surface area contributed by atoms with E-state index in [-0.39, 0.29) is 11.5 Å². The number of ether oxygens (including phenoxy) is 2. The quantitative estimate of drug-likeness (QED) is 0.668. The third kappa shape index (κ3) is 2.79.